The molecule has 0 aliphatic heterocycles. The zero-order valence-electron chi connectivity index (χ0n) is 6.99. The van der Waals surface area contributed by atoms with Crippen molar-refractivity contribution in [1.82, 2.24) is 5.32 Å². The Balaban J connectivity index is 3.95. The molecule has 0 heterocycles. The van der Waals surface area contributed by atoms with Crippen LogP contribution in [-0.2, 0) is 9.59 Å². The number of carbonyl (C=O) groups excluding carboxylic acids is 1. The normalized spacial score (nSPS) is 12.8. The lowest BCUT2D eigenvalue weighted by molar-refractivity contribution is -0.140. The minimum atomic E-state index is -1.05. The quantitative estimate of drug-likeness (QED) is 0.730. The molecule has 0 aliphatic carbocycles. The molecule has 0 aliphatic rings. The van der Waals surface area contributed by atoms with Crippen LogP contribution in [0.1, 0.15) is 6.92 Å². The predicted octanol–water partition coefficient (Wildman–Crippen LogP) is 1.02. The van der Waals surface area contributed by atoms with Crippen LogP contribution in [0.2, 0.25) is 0 Å². The molecule has 13 heavy (non-hydrogen) atoms. The van der Waals surface area contributed by atoms with E-state index in [2.05, 4.69) is 5.32 Å². The van der Waals surface area contributed by atoms with Gasteiger partial charge in [-0.05, 0) is 5.41 Å². The minimum Gasteiger partial charge on any atom is -0.480 e. The number of halogens is 1. The summed E-state index contributed by atoms with van der Waals surface area (Å²) in [4.78, 5) is 21.1. The number of nitrogens with one attached hydrogen (secondary N) is 1. The van der Waals surface area contributed by atoms with E-state index in [1.807, 2.05) is 0 Å². The highest BCUT2D eigenvalue weighted by atomic mass is 35.5. The number of rotatable bonds is 5. The molecule has 0 saturated heterocycles. The number of aliphatic carboxylic acids is 1. The van der Waals surface area contributed by atoms with Crippen molar-refractivity contribution in [3.63, 3.8) is 0 Å². The maximum atomic E-state index is 10.6. The molecule has 1 unspecified atom stereocenters. The number of amides is 1. The van der Waals surface area contributed by atoms with Crippen LogP contribution in [0.25, 0.3) is 0 Å². The van der Waals surface area contributed by atoms with Crippen molar-refractivity contribution in [3.8, 4) is 0 Å². The molecule has 1 amide bonds. The van der Waals surface area contributed by atoms with E-state index in [1.54, 1.807) is 5.41 Å². The van der Waals surface area contributed by atoms with Crippen LogP contribution in [0, 0.1) is 0 Å². The highest BCUT2D eigenvalue weighted by Crippen LogP contribution is 2.05. The number of carboxylic acid groups (broad SMARTS) is 1. The van der Waals surface area contributed by atoms with Gasteiger partial charge in [0.25, 0.3) is 0 Å². The van der Waals surface area contributed by atoms with Crippen molar-refractivity contribution >= 4 is 35.2 Å². The molecule has 0 fully saturated rings. The largest absolute Gasteiger partial charge is 0.480 e. The van der Waals surface area contributed by atoms with E-state index in [0.29, 0.717) is 0 Å². The molecule has 0 bridgehead atoms. The molecule has 2 N–H and O–H groups in total. The number of carboxylic acids is 1. The Bertz CT molecular complexity index is 220. The van der Waals surface area contributed by atoms with Crippen LogP contribution in [0.4, 0.5) is 0 Å². The second kappa shape index (κ2) is 6.80. The Hall–Kier alpha value is -0.680. The monoisotopic (exact) mass is 223 g/mol. The van der Waals surface area contributed by atoms with Gasteiger partial charge >= 0.3 is 5.97 Å². The van der Waals surface area contributed by atoms with Crippen molar-refractivity contribution in [1.29, 1.82) is 0 Å². The molecule has 0 aromatic carbocycles. The molecule has 0 saturated carbocycles. The summed E-state index contributed by atoms with van der Waals surface area (Å²) in [7, 11) is 0. The molecule has 0 rings (SSSR count). The van der Waals surface area contributed by atoms with Crippen molar-refractivity contribution in [2.75, 3.05) is 5.75 Å². The van der Waals surface area contributed by atoms with Crippen LogP contribution in [0.5, 0.6) is 0 Å². The maximum absolute atomic E-state index is 10.6. The summed E-state index contributed by atoms with van der Waals surface area (Å²) in [5, 5.41) is 12.5. The first kappa shape index (κ1) is 12.3. The van der Waals surface area contributed by atoms with Gasteiger partial charge < -0.3 is 10.4 Å². The van der Waals surface area contributed by atoms with Crippen molar-refractivity contribution < 1.29 is 14.7 Å². The van der Waals surface area contributed by atoms with Crippen LogP contribution in [0.15, 0.2) is 10.9 Å². The van der Waals surface area contributed by atoms with Crippen LogP contribution in [0.3, 0.4) is 0 Å². The van der Waals surface area contributed by atoms with E-state index in [1.165, 1.54) is 24.2 Å². The zero-order valence-corrected chi connectivity index (χ0v) is 8.56. The fourth-order valence-corrected chi connectivity index (χ4v) is 1.43. The summed E-state index contributed by atoms with van der Waals surface area (Å²) < 4.78 is 0. The fraction of sp³-hybridized carbons (Fsp3) is 0.429. The van der Waals surface area contributed by atoms with E-state index in [-0.39, 0.29) is 11.7 Å². The first-order valence-electron chi connectivity index (χ1n) is 3.44. The van der Waals surface area contributed by atoms with Gasteiger partial charge in [0, 0.05) is 18.2 Å². The Morgan fingerprint density at radius 3 is 2.69 bits per heavy atom. The molecule has 4 nitrogen and oxygen atoms in total. The first-order chi connectivity index (χ1) is 6.07. The van der Waals surface area contributed by atoms with Crippen molar-refractivity contribution in [2.24, 2.45) is 0 Å². The Kier molecular flexibility index (Phi) is 6.44. The summed E-state index contributed by atoms with van der Waals surface area (Å²) in [6.45, 7) is 1.28. The fourth-order valence-electron chi connectivity index (χ4n) is 0.608. The highest BCUT2D eigenvalue weighted by molar-refractivity contribution is 8.02. The highest BCUT2D eigenvalue weighted by Gasteiger charge is 2.17. The van der Waals surface area contributed by atoms with Gasteiger partial charge in [-0.25, -0.2) is 4.79 Å². The third kappa shape index (κ3) is 6.48. The smallest absolute Gasteiger partial charge is 0.327 e. The third-order valence-electron chi connectivity index (χ3n) is 1.09. The second-order valence-corrected chi connectivity index (χ2v) is 3.38. The molecular formula is C7H10ClNO3S. The minimum absolute atomic E-state index is 0.262. The Morgan fingerprint density at radius 2 is 2.31 bits per heavy atom. The van der Waals surface area contributed by atoms with Gasteiger partial charge in [0.15, 0.2) is 0 Å². The van der Waals surface area contributed by atoms with E-state index in [4.69, 9.17) is 16.7 Å². The summed E-state index contributed by atoms with van der Waals surface area (Å²) in [6.07, 6.45) is 0. The predicted molar refractivity (Wildman–Crippen MR) is 52.7 cm³/mol. The number of hydrogen-bond acceptors (Lipinski definition) is 3. The molecule has 74 valence electrons. The average molecular weight is 224 g/mol. The van der Waals surface area contributed by atoms with Gasteiger partial charge in [0.05, 0.1) is 0 Å². The number of hydrogen-bond donors (Lipinski definition) is 2. The molecule has 0 aromatic rings. The lowest BCUT2D eigenvalue weighted by Gasteiger charge is -2.10. The molecule has 0 spiro atoms. The molecule has 0 aromatic heterocycles. The summed E-state index contributed by atoms with van der Waals surface area (Å²) in [5.41, 5.74) is 1.29. The molecule has 1 atom stereocenters. The summed E-state index contributed by atoms with van der Waals surface area (Å²) in [5.74, 6) is -1.15. The van der Waals surface area contributed by atoms with Crippen LogP contribution >= 0.6 is 23.4 Å². The van der Waals surface area contributed by atoms with E-state index in [9.17, 15) is 9.59 Å². The second-order valence-electron chi connectivity index (χ2n) is 2.19. The summed E-state index contributed by atoms with van der Waals surface area (Å²) >= 11 is 6.46. The lowest BCUT2D eigenvalue weighted by atomic mass is 10.3. The van der Waals surface area contributed by atoms with Crippen molar-refractivity contribution in [3.05, 3.63) is 10.9 Å². The molecule has 6 heteroatoms. The van der Waals surface area contributed by atoms with Crippen LogP contribution in [-0.4, -0.2) is 28.8 Å². The van der Waals surface area contributed by atoms with Gasteiger partial charge in [-0.1, -0.05) is 11.6 Å². The summed E-state index contributed by atoms with van der Waals surface area (Å²) in [6, 6.07) is -0.865. The number of thioether (sulfide) groups is 1. The Labute approximate surface area is 85.3 Å². The van der Waals surface area contributed by atoms with Crippen molar-refractivity contribution in [2.45, 2.75) is 13.0 Å². The average Bonchev–Trinajstić information content (AvgIpc) is 2.02. The van der Waals surface area contributed by atoms with Gasteiger partial charge in [0.2, 0.25) is 5.91 Å². The SMILES string of the molecule is CC(=O)NC(CS/C=C/Cl)C(=O)O. The topological polar surface area (TPSA) is 66.4 Å². The van der Waals surface area contributed by atoms with Gasteiger partial charge in [-0.2, -0.15) is 0 Å². The zero-order chi connectivity index (χ0) is 10.3. The standard InChI is InChI=1S/C7H10ClNO3S/c1-5(10)9-6(7(11)12)4-13-3-2-8/h2-3,6H,4H2,1H3,(H,9,10)(H,11,12)/b3-2+. The Morgan fingerprint density at radius 1 is 1.69 bits per heavy atom. The van der Waals surface area contributed by atoms with Gasteiger partial charge in [-0.15, -0.1) is 11.8 Å². The maximum Gasteiger partial charge on any atom is 0.327 e. The third-order valence-corrected chi connectivity index (χ3v) is 2.22. The molecule has 0 radical (unpaired) electrons. The number of carbonyl (C=O) groups is 2. The molecular weight excluding hydrogens is 214 g/mol. The lowest BCUT2D eigenvalue weighted by Crippen LogP contribution is -2.41. The van der Waals surface area contributed by atoms with Gasteiger partial charge in [0.1, 0.15) is 6.04 Å². The van der Waals surface area contributed by atoms with E-state index >= 15 is 0 Å². The first-order valence-corrected chi connectivity index (χ1v) is 4.93. The van der Waals surface area contributed by atoms with Crippen LogP contribution < -0.4 is 5.32 Å². The van der Waals surface area contributed by atoms with E-state index < -0.39 is 12.0 Å². The van der Waals surface area contributed by atoms with Gasteiger partial charge in [-0.3, -0.25) is 4.79 Å². The van der Waals surface area contributed by atoms with E-state index in [0.717, 1.165) is 0 Å².